The number of H-pyrrole nitrogens is 1. The third-order valence-electron chi connectivity index (χ3n) is 4.96. The number of aryl methyl sites for hydroxylation is 1. The van der Waals surface area contributed by atoms with Gasteiger partial charge in [-0.3, -0.25) is 9.59 Å². The number of carbonyl (C=O) groups excluding carboxylic acids is 1. The van der Waals surface area contributed by atoms with Gasteiger partial charge in [0.05, 0.1) is 12.1 Å². The number of aromatic amines is 1. The number of ketones is 1. The Hall–Kier alpha value is -3.00. The first-order valence-electron chi connectivity index (χ1n) is 10.2. The summed E-state index contributed by atoms with van der Waals surface area (Å²) in [7, 11) is 0. The van der Waals surface area contributed by atoms with Gasteiger partial charge in [0.25, 0.3) is 5.56 Å². The number of rotatable bonds is 7. The van der Waals surface area contributed by atoms with E-state index >= 15 is 0 Å². The van der Waals surface area contributed by atoms with Crippen molar-refractivity contribution in [3.05, 3.63) is 86.1 Å². The fourth-order valence-electron chi connectivity index (χ4n) is 2.89. The predicted octanol–water partition coefficient (Wildman–Crippen LogP) is 4.79. The first kappa shape index (κ1) is 26.3. The molecule has 2 aromatic carbocycles. The van der Waals surface area contributed by atoms with E-state index in [0.29, 0.717) is 22.0 Å². The van der Waals surface area contributed by atoms with Gasteiger partial charge >= 0.3 is 5.97 Å². The van der Waals surface area contributed by atoms with E-state index in [1.165, 1.54) is 19.1 Å². The highest BCUT2D eigenvalue weighted by atomic mass is 35.5. The van der Waals surface area contributed by atoms with Crippen LogP contribution in [0.15, 0.2) is 59.4 Å². The van der Waals surface area contributed by atoms with Gasteiger partial charge in [-0.1, -0.05) is 61.3 Å². The summed E-state index contributed by atoms with van der Waals surface area (Å²) in [6, 6.07) is 15.4. The molecule has 1 heterocycles. The lowest BCUT2D eigenvalue weighted by molar-refractivity contribution is -0.158. The molecule has 1 unspecified atom stereocenters. The summed E-state index contributed by atoms with van der Waals surface area (Å²) in [4.78, 5) is 34.0. The number of aliphatic carboxylic acids is 1. The zero-order valence-electron chi connectivity index (χ0n) is 18.1. The van der Waals surface area contributed by atoms with Gasteiger partial charge in [0.1, 0.15) is 0 Å². The largest absolute Gasteiger partial charge is 0.479 e. The van der Waals surface area contributed by atoms with Crippen LogP contribution < -0.4 is 5.56 Å². The number of benzene rings is 2. The molecule has 0 radical (unpaired) electrons. The molecule has 0 aliphatic rings. The minimum Gasteiger partial charge on any atom is -0.479 e. The molecule has 0 amide bonds. The predicted molar refractivity (Wildman–Crippen MR) is 128 cm³/mol. The molecule has 0 aliphatic carbocycles. The number of aliphatic hydroxyl groups is 1. The summed E-state index contributed by atoms with van der Waals surface area (Å²) < 4.78 is 0. The number of aromatic nitrogens is 2. The second kappa shape index (κ2) is 11.7. The van der Waals surface area contributed by atoms with E-state index in [4.69, 9.17) is 28.3 Å². The monoisotopic (exact) mass is 490 g/mol. The third kappa shape index (κ3) is 7.25. The smallest absolute Gasteiger partial charge is 0.336 e. The lowest BCUT2D eigenvalue weighted by atomic mass is 9.91. The first-order chi connectivity index (χ1) is 15.6. The van der Waals surface area contributed by atoms with Gasteiger partial charge < -0.3 is 10.2 Å². The molecule has 1 atom stereocenters. The van der Waals surface area contributed by atoms with Crippen molar-refractivity contribution in [2.75, 3.05) is 0 Å². The van der Waals surface area contributed by atoms with Gasteiger partial charge in [0.2, 0.25) is 0 Å². The second-order valence-electron chi connectivity index (χ2n) is 7.27. The Balaban J connectivity index is 0.000000234. The molecule has 33 heavy (non-hydrogen) atoms. The van der Waals surface area contributed by atoms with Crippen LogP contribution in [0.3, 0.4) is 0 Å². The first-order valence-corrected chi connectivity index (χ1v) is 10.9. The van der Waals surface area contributed by atoms with Crippen molar-refractivity contribution in [3.8, 4) is 11.3 Å². The molecule has 0 aliphatic heterocycles. The van der Waals surface area contributed by atoms with Crippen LogP contribution in [0.2, 0.25) is 10.0 Å². The molecule has 7 nitrogen and oxygen atoms in total. The van der Waals surface area contributed by atoms with Gasteiger partial charge in [0.15, 0.2) is 11.4 Å². The number of nitrogens with zero attached hydrogens (tertiary/aromatic N) is 1. The molecule has 0 bridgehead atoms. The standard InChI is InChI=1S/C12H11ClN2O.C12H13ClO4/c1-2-8-7-11(14-15-12(8)16)9-4-3-5-10(13)6-9;1-2-12(17,11(15)16)7-10(14)8-4-3-5-9(13)6-8/h3-7H,2H2,1H3,(H,15,16);3-6,17H,2,7H2,1H3,(H,15,16). The molecule has 0 saturated heterocycles. The van der Waals surface area contributed by atoms with Crippen LogP contribution in [-0.4, -0.2) is 37.8 Å². The molecule has 0 fully saturated rings. The summed E-state index contributed by atoms with van der Waals surface area (Å²) >= 11 is 11.6. The van der Waals surface area contributed by atoms with Crippen LogP contribution in [-0.2, 0) is 11.2 Å². The Kier molecular flexibility index (Phi) is 9.34. The van der Waals surface area contributed by atoms with E-state index in [2.05, 4.69) is 10.2 Å². The molecule has 3 rings (SSSR count). The number of carboxylic acid groups (broad SMARTS) is 1. The minimum atomic E-state index is -2.01. The number of halogens is 2. The number of carbonyl (C=O) groups is 2. The van der Waals surface area contributed by atoms with Gasteiger partial charge in [0, 0.05) is 26.7 Å². The van der Waals surface area contributed by atoms with Gasteiger partial charge in [-0.05, 0) is 43.2 Å². The SMILES string of the molecule is CCC(O)(CC(=O)c1cccc(Cl)c1)C(=O)O.CCc1cc(-c2cccc(Cl)c2)n[nH]c1=O. The third-order valence-corrected chi connectivity index (χ3v) is 5.43. The normalized spacial score (nSPS) is 12.3. The minimum absolute atomic E-state index is 0.0331. The quantitative estimate of drug-likeness (QED) is 0.409. The van der Waals surface area contributed by atoms with Crippen molar-refractivity contribution in [2.45, 2.75) is 38.7 Å². The van der Waals surface area contributed by atoms with Gasteiger partial charge in [-0.2, -0.15) is 5.10 Å². The number of hydrogen-bond acceptors (Lipinski definition) is 5. The molecule has 0 saturated carbocycles. The molecule has 174 valence electrons. The van der Waals surface area contributed by atoms with Crippen molar-refractivity contribution in [1.29, 1.82) is 0 Å². The molecule has 3 N–H and O–H groups in total. The van der Waals surface area contributed by atoms with E-state index in [9.17, 15) is 19.5 Å². The topological polar surface area (TPSA) is 120 Å². The molecule has 1 aromatic heterocycles. The lowest BCUT2D eigenvalue weighted by Crippen LogP contribution is -2.40. The van der Waals surface area contributed by atoms with E-state index in [-0.39, 0.29) is 12.0 Å². The maximum atomic E-state index is 11.8. The summed E-state index contributed by atoms with van der Waals surface area (Å²) in [5.74, 6) is -1.84. The van der Waals surface area contributed by atoms with Crippen molar-refractivity contribution in [2.24, 2.45) is 0 Å². The molecule has 9 heteroatoms. The van der Waals surface area contributed by atoms with Crippen molar-refractivity contribution < 1.29 is 19.8 Å². The summed E-state index contributed by atoms with van der Waals surface area (Å²) in [5.41, 5.74) is 0.514. The number of carboxylic acids is 1. The Bertz CT molecular complexity index is 1200. The maximum absolute atomic E-state index is 11.8. The Labute approximate surface area is 201 Å². The molecular formula is C24H24Cl2N2O5. The van der Waals surface area contributed by atoms with Crippen LogP contribution in [0.1, 0.15) is 42.6 Å². The molecular weight excluding hydrogens is 467 g/mol. The summed E-state index contributed by atoms with van der Waals surface area (Å²) in [6.45, 7) is 3.45. The van der Waals surface area contributed by atoms with E-state index in [1.807, 2.05) is 25.1 Å². The van der Waals surface area contributed by atoms with E-state index in [1.54, 1.807) is 24.3 Å². The highest BCUT2D eigenvalue weighted by molar-refractivity contribution is 6.31. The van der Waals surface area contributed by atoms with Crippen LogP contribution in [0, 0.1) is 0 Å². The Morgan fingerprint density at radius 2 is 1.67 bits per heavy atom. The number of Topliss-reactive ketones (excluding diaryl/α,β-unsaturated/α-hetero) is 1. The Morgan fingerprint density at radius 3 is 2.21 bits per heavy atom. The highest BCUT2D eigenvalue weighted by Crippen LogP contribution is 2.21. The van der Waals surface area contributed by atoms with Crippen molar-refractivity contribution in [3.63, 3.8) is 0 Å². The number of nitrogens with one attached hydrogen (secondary N) is 1. The Morgan fingerprint density at radius 1 is 1.03 bits per heavy atom. The zero-order valence-corrected chi connectivity index (χ0v) is 19.7. The van der Waals surface area contributed by atoms with Crippen molar-refractivity contribution >= 4 is 35.0 Å². The van der Waals surface area contributed by atoms with Gasteiger partial charge in [-0.25, -0.2) is 9.89 Å². The second-order valence-corrected chi connectivity index (χ2v) is 8.14. The van der Waals surface area contributed by atoms with Crippen LogP contribution in [0.5, 0.6) is 0 Å². The van der Waals surface area contributed by atoms with Crippen LogP contribution in [0.4, 0.5) is 0 Å². The fourth-order valence-corrected chi connectivity index (χ4v) is 3.27. The molecule has 0 spiro atoms. The number of hydrogen-bond donors (Lipinski definition) is 3. The van der Waals surface area contributed by atoms with Crippen LogP contribution >= 0.6 is 23.2 Å². The average Bonchev–Trinajstić information content (AvgIpc) is 2.79. The maximum Gasteiger partial charge on any atom is 0.336 e. The zero-order chi connectivity index (χ0) is 24.6. The summed E-state index contributed by atoms with van der Waals surface area (Å²) in [5, 5.41) is 26.1. The lowest BCUT2D eigenvalue weighted by Gasteiger charge is -2.20. The van der Waals surface area contributed by atoms with Crippen molar-refractivity contribution in [1.82, 2.24) is 10.2 Å². The average molecular weight is 491 g/mol. The molecule has 3 aromatic rings. The summed E-state index contributed by atoms with van der Waals surface area (Å²) in [6.07, 6.45) is 0.194. The van der Waals surface area contributed by atoms with E-state index in [0.717, 1.165) is 16.8 Å². The van der Waals surface area contributed by atoms with E-state index < -0.39 is 23.8 Å². The van der Waals surface area contributed by atoms with Gasteiger partial charge in [-0.15, -0.1) is 0 Å². The highest BCUT2D eigenvalue weighted by Gasteiger charge is 2.36. The fraction of sp³-hybridized carbons (Fsp3) is 0.250. The van der Waals surface area contributed by atoms with Crippen LogP contribution in [0.25, 0.3) is 11.3 Å².